The van der Waals surface area contributed by atoms with Gasteiger partial charge in [-0.3, -0.25) is 0 Å². The fraction of sp³-hybridized carbons (Fsp3) is 0.250. The van der Waals surface area contributed by atoms with E-state index < -0.39 is 0 Å². The van der Waals surface area contributed by atoms with Crippen molar-refractivity contribution in [2.24, 2.45) is 0 Å². The molecule has 2 aromatic carbocycles. The minimum absolute atomic E-state index is 0.649. The maximum Gasteiger partial charge on any atom is 0.142 e. The van der Waals surface area contributed by atoms with Crippen LogP contribution in [0.5, 0.6) is 5.75 Å². The number of halogens is 3. The first-order valence-electron chi connectivity index (χ1n) is 6.70. The molecule has 0 unspecified atom stereocenters. The topological polar surface area (TPSA) is 21.3 Å². The molecule has 0 aliphatic heterocycles. The van der Waals surface area contributed by atoms with Crippen LogP contribution in [0, 0.1) is 0 Å². The molecule has 112 valence electrons. The minimum atomic E-state index is 0.649. The monoisotopic (exact) mass is 387 g/mol. The number of anilines is 1. The van der Waals surface area contributed by atoms with Crippen molar-refractivity contribution in [1.29, 1.82) is 0 Å². The molecule has 2 nitrogen and oxygen atoms in total. The zero-order valence-corrected chi connectivity index (χ0v) is 14.7. The minimum Gasteiger partial charge on any atom is -0.491 e. The second-order valence-electron chi connectivity index (χ2n) is 4.59. The van der Waals surface area contributed by atoms with Crippen molar-refractivity contribution < 1.29 is 4.74 Å². The lowest BCUT2D eigenvalue weighted by Gasteiger charge is -2.13. The Labute approximate surface area is 143 Å². The largest absolute Gasteiger partial charge is 0.491 e. The number of rotatable bonds is 6. The second-order valence-corrected chi connectivity index (χ2v) is 6.29. The van der Waals surface area contributed by atoms with E-state index in [0.29, 0.717) is 23.2 Å². The Morgan fingerprint density at radius 3 is 2.67 bits per heavy atom. The van der Waals surface area contributed by atoms with Gasteiger partial charge in [-0.2, -0.15) is 0 Å². The van der Waals surface area contributed by atoms with Crippen molar-refractivity contribution in [1.82, 2.24) is 0 Å². The molecule has 0 radical (unpaired) electrons. The first kappa shape index (κ1) is 16.5. The van der Waals surface area contributed by atoms with E-state index in [-0.39, 0.29) is 0 Å². The normalized spacial score (nSPS) is 10.5. The van der Waals surface area contributed by atoms with Crippen LogP contribution in [0.25, 0.3) is 0 Å². The molecule has 2 aromatic rings. The lowest BCUT2D eigenvalue weighted by atomic mass is 10.2. The number of benzene rings is 2. The molecule has 0 amide bonds. The molecule has 0 aromatic heterocycles. The summed E-state index contributed by atoms with van der Waals surface area (Å²) >= 11 is 15.5. The van der Waals surface area contributed by atoms with Crippen molar-refractivity contribution in [3.8, 4) is 5.75 Å². The zero-order chi connectivity index (χ0) is 15.2. The highest BCUT2D eigenvalue weighted by atomic mass is 79.9. The summed E-state index contributed by atoms with van der Waals surface area (Å²) in [5, 5.41) is 4.72. The molecule has 0 saturated carbocycles. The molecule has 0 aliphatic rings. The van der Waals surface area contributed by atoms with E-state index in [1.165, 1.54) is 0 Å². The van der Waals surface area contributed by atoms with Gasteiger partial charge >= 0.3 is 0 Å². The van der Waals surface area contributed by atoms with Gasteiger partial charge in [0.1, 0.15) is 5.75 Å². The molecular formula is C16H16BrCl2NO. The highest BCUT2D eigenvalue weighted by molar-refractivity contribution is 9.10. The third kappa shape index (κ3) is 4.80. The van der Waals surface area contributed by atoms with Crippen molar-refractivity contribution in [3.05, 3.63) is 56.5 Å². The van der Waals surface area contributed by atoms with Gasteiger partial charge in [0, 0.05) is 16.0 Å². The Morgan fingerprint density at radius 2 is 1.95 bits per heavy atom. The van der Waals surface area contributed by atoms with Crippen LogP contribution < -0.4 is 10.1 Å². The van der Waals surface area contributed by atoms with Crippen molar-refractivity contribution in [2.45, 2.75) is 19.9 Å². The van der Waals surface area contributed by atoms with E-state index in [0.717, 1.165) is 27.9 Å². The maximum absolute atomic E-state index is 6.10. The Morgan fingerprint density at radius 1 is 1.14 bits per heavy atom. The molecule has 21 heavy (non-hydrogen) atoms. The summed E-state index contributed by atoms with van der Waals surface area (Å²) in [6.45, 7) is 3.41. The van der Waals surface area contributed by atoms with Crippen molar-refractivity contribution >= 4 is 44.8 Å². The van der Waals surface area contributed by atoms with E-state index in [1.807, 2.05) is 36.4 Å². The first-order valence-corrected chi connectivity index (χ1v) is 8.25. The molecule has 0 spiro atoms. The van der Waals surface area contributed by atoms with Gasteiger partial charge in [0.25, 0.3) is 0 Å². The standard InChI is InChI=1S/C16H16BrCl2NO/c1-2-7-21-16-6-4-12(18)9-15(16)20-10-11-3-5-13(17)14(19)8-11/h3-6,8-9,20H,2,7,10H2,1H3. The van der Waals surface area contributed by atoms with Crippen LogP contribution in [0.15, 0.2) is 40.9 Å². The number of nitrogens with one attached hydrogen (secondary N) is 1. The molecular weight excluding hydrogens is 373 g/mol. The lowest BCUT2D eigenvalue weighted by molar-refractivity contribution is 0.319. The molecule has 0 saturated heterocycles. The van der Waals surface area contributed by atoms with Gasteiger partial charge in [0.05, 0.1) is 17.3 Å². The van der Waals surface area contributed by atoms with Crippen molar-refractivity contribution in [3.63, 3.8) is 0 Å². The average molecular weight is 389 g/mol. The molecule has 0 aliphatic carbocycles. The van der Waals surface area contributed by atoms with E-state index in [9.17, 15) is 0 Å². The first-order chi connectivity index (χ1) is 10.1. The average Bonchev–Trinajstić information content (AvgIpc) is 2.47. The van der Waals surface area contributed by atoms with Gasteiger partial charge in [0.2, 0.25) is 0 Å². The number of hydrogen-bond acceptors (Lipinski definition) is 2. The van der Waals surface area contributed by atoms with E-state index in [4.69, 9.17) is 27.9 Å². The molecule has 1 N–H and O–H groups in total. The fourth-order valence-corrected chi connectivity index (χ4v) is 2.45. The molecule has 2 rings (SSSR count). The predicted octanol–water partition coefficient (Wildman–Crippen LogP) is 6.16. The van der Waals surface area contributed by atoms with Crippen LogP contribution >= 0.6 is 39.1 Å². The summed E-state index contributed by atoms with van der Waals surface area (Å²) in [5.41, 5.74) is 1.97. The zero-order valence-electron chi connectivity index (χ0n) is 11.6. The van der Waals surface area contributed by atoms with Crippen LogP contribution in [0.4, 0.5) is 5.69 Å². The Kier molecular flexibility index (Phi) is 6.22. The van der Waals surface area contributed by atoms with Gasteiger partial charge in [0.15, 0.2) is 0 Å². The molecule has 0 heterocycles. The number of hydrogen-bond donors (Lipinski definition) is 1. The molecule has 0 atom stereocenters. The van der Waals surface area contributed by atoms with Crippen LogP contribution in [-0.4, -0.2) is 6.61 Å². The summed E-state index contributed by atoms with van der Waals surface area (Å²) in [5.74, 6) is 0.810. The van der Waals surface area contributed by atoms with Gasteiger partial charge in [-0.15, -0.1) is 0 Å². The summed E-state index contributed by atoms with van der Waals surface area (Å²) in [4.78, 5) is 0. The second kappa shape index (κ2) is 7.92. The summed E-state index contributed by atoms with van der Waals surface area (Å²) < 4.78 is 6.61. The SMILES string of the molecule is CCCOc1ccc(Cl)cc1NCc1ccc(Br)c(Cl)c1. The lowest BCUT2D eigenvalue weighted by Crippen LogP contribution is -2.03. The Balaban J connectivity index is 2.10. The maximum atomic E-state index is 6.10. The molecule has 0 fully saturated rings. The summed E-state index contributed by atoms with van der Waals surface area (Å²) in [6, 6.07) is 11.5. The van der Waals surface area contributed by atoms with Crippen LogP contribution in [0.2, 0.25) is 10.0 Å². The summed E-state index contributed by atoms with van der Waals surface area (Å²) in [6.07, 6.45) is 0.963. The summed E-state index contributed by atoms with van der Waals surface area (Å²) in [7, 11) is 0. The third-order valence-corrected chi connectivity index (χ3v) is 4.34. The molecule has 0 bridgehead atoms. The van der Waals surface area contributed by atoms with E-state index >= 15 is 0 Å². The highest BCUT2D eigenvalue weighted by Gasteiger charge is 2.05. The van der Waals surface area contributed by atoms with Crippen LogP contribution in [0.1, 0.15) is 18.9 Å². The van der Waals surface area contributed by atoms with Gasteiger partial charge in [-0.1, -0.05) is 36.2 Å². The Hall–Kier alpha value is -0.900. The Bertz CT molecular complexity index is 619. The van der Waals surface area contributed by atoms with E-state index in [2.05, 4.69) is 28.2 Å². The predicted molar refractivity (Wildman–Crippen MR) is 93.7 cm³/mol. The van der Waals surface area contributed by atoms with Crippen molar-refractivity contribution in [2.75, 3.05) is 11.9 Å². The number of ether oxygens (including phenoxy) is 1. The van der Waals surface area contributed by atoms with Gasteiger partial charge < -0.3 is 10.1 Å². The van der Waals surface area contributed by atoms with Gasteiger partial charge in [-0.05, 0) is 58.2 Å². The fourth-order valence-electron chi connectivity index (χ4n) is 1.83. The smallest absolute Gasteiger partial charge is 0.142 e. The quantitative estimate of drug-likeness (QED) is 0.639. The third-order valence-electron chi connectivity index (χ3n) is 2.87. The van der Waals surface area contributed by atoms with E-state index in [1.54, 1.807) is 0 Å². The van der Waals surface area contributed by atoms with Crippen LogP contribution in [-0.2, 0) is 6.54 Å². The highest BCUT2D eigenvalue weighted by Crippen LogP contribution is 2.29. The van der Waals surface area contributed by atoms with Gasteiger partial charge in [-0.25, -0.2) is 0 Å². The molecule has 5 heteroatoms. The van der Waals surface area contributed by atoms with Crippen LogP contribution in [0.3, 0.4) is 0 Å².